The molecule has 43 heavy (non-hydrogen) atoms. The van der Waals surface area contributed by atoms with Crippen molar-refractivity contribution in [1.29, 1.82) is 0 Å². The second-order valence-corrected chi connectivity index (χ2v) is 11.0. The predicted octanol–water partition coefficient (Wildman–Crippen LogP) is 9.25. The molecule has 0 amide bonds. The number of phenolic OH excluding ortho intramolecular Hbond substituents is 2. The van der Waals surface area contributed by atoms with E-state index in [9.17, 15) is 10.2 Å². The van der Waals surface area contributed by atoms with E-state index in [1.807, 2.05) is 122 Å². The summed E-state index contributed by atoms with van der Waals surface area (Å²) in [5.74, 6) is 0.676. The van der Waals surface area contributed by atoms with Gasteiger partial charge in [0.1, 0.15) is 11.5 Å². The summed E-state index contributed by atoms with van der Waals surface area (Å²) in [7, 11) is 0. The van der Waals surface area contributed by atoms with Gasteiger partial charge in [-0.2, -0.15) is 49.2 Å². The zero-order valence-electron chi connectivity index (χ0n) is 25.0. The standard InChI is InChI=1S/C24H26BrNO2.2C7H7.Zr/c1-16-12-19(23(27)21(14-16)18-6-4-3-5-7-18)8-10-26-11-9-20-13-17(2)15-22(25)24(20)28;2*1-7-5-3-2-4-6-7;/h3-7,12-15,26-28H,8-11H2,1-2H3;2*2-6H,1H2;/q;2*-1;+3. The molecule has 0 aromatic heterocycles. The van der Waals surface area contributed by atoms with Crippen LogP contribution in [0.1, 0.15) is 33.4 Å². The zero-order valence-corrected chi connectivity index (χ0v) is 29.0. The van der Waals surface area contributed by atoms with Crippen LogP contribution in [-0.4, -0.2) is 23.3 Å². The van der Waals surface area contributed by atoms with Gasteiger partial charge in [0.15, 0.2) is 0 Å². The number of nitrogens with one attached hydrogen (secondary N) is 1. The van der Waals surface area contributed by atoms with Gasteiger partial charge in [0.25, 0.3) is 0 Å². The van der Waals surface area contributed by atoms with E-state index in [0.29, 0.717) is 11.5 Å². The van der Waals surface area contributed by atoms with Gasteiger partial charge in [0, 0.05) is 5.56 Å². The van der Waals surface area contributed by atoms with Crippen LogP contribution in [0.5, 0.6) is 11.5 Å². The molecule has 0 aliphatic heterocycles. The summed E-state index contributed by atoms with van der Waals surface area (Å²) >= 11 is 3.39. The second kappa shape index (κ2) is 19.1. The summed E-state index contributed by atoms with van der Waals surface area (Å²) in [6.07, 6.45) is 1.50. The van der Waals surface area contributed by atoms with Crippen LogP contribution < -0.4 is 5.32 Å². The molecule has 3 nitrogen and oxygen atoms in total. The summed E-state index contributed by atoms with van der Waals surface area (Å²) in [6, 6.07) is 37.7. The molecule has 0 spiro atoms. The third-order valence-corrected chi connectivity index (χ3v) is 7.14. The molecule has 5 aromatic carbocycles. The van der Waals surface area contributed by atoms with E-state index in [2.05, 4.69) is 42.0 Å². The minimum atomic E-state index is 0. The molecule has 5 aromatic rings. The van der Waals surface area contributed by atoms with Crippen LogP contribution in [0.4, 0.5) is 0 Å². The molecule has 0 bridgehead atoms. The Bertz CT molecular complexity index is 1470. The molecule has 0 fully saturated rings. The van der Waals surface area contributed by atoms with E-state index in [0.717, 1.165) is 74.9 Å². The Morgan fingerprint density at radius 2 is 1.02 bits per heavy atom. The largest absolute Gasteiger partial charge is 3.00 e. The number of aryl methyl sites for hydroxylation is 2. The van der Waals surface area contributed by atoms with E-state index in [4.69, 9.17) is 0 Å². The Kier molecular flexibility index (Phi) is 16.0. The smallest absolute Gasteiger partial charge is 0.507 e. The normalized spacial score (nSPS) is 9.93. The molecule has 0 unspecified atom stereocenters. The quantitative estimate of drug-likeness (QED) is 0.117. The Hall–Kier alpha value is -3.24. The summed E-state index contributed by atoms with van der Waals surface area (Å²) < 4.78 is 0.737. The minimum Gasteiger partial charge on any atom is -0.507 e. The van der Waals surface area contributed by atoms with Crippen LogP contribution in [0.25, 0.3) is 11.1 Å². The van der Waals surface area contributed by atoms with Gasteiger partial charge in [-0.15, -0.1) is 24.3 Å². The van der Waals surface area contributed by atoms with Crippen molar-refractivity contribution in [2.45, 2.75) is 26.7 Å². The van der Waals surface area contributed by atoms with E-state index in [-0.39, 0.29) is 26.2 Å². The molecular weight excluding hydrogens is 674 g/mol. The Balaban J connectivity index is 0.000000350. The number of hydrogen-bond donors (Lipinski definition) is 3. The molecule has 0 aliphatic rings. The van der Waals surface area contributed by atoms with Gasteiger partial charge >= 0.3 is 26.2 Å². The molecule has 5 heteroatoms. The molecule has 5 rings (SSSR count). The predicted molar refractivity (Wildman–Crippen MR) is 181 cm³/mol. The van der Waals surface area contributed by atoms with Crippen molar-refractivity contribution in [2.75, 3.05) is 13.1 Å². The van der Waals surface area contributed by atoms with Crippen molar-refractivity contribution >= 4 is 15.9 Å². The first-order valence-corrected chi connectivity index (χ1v) is 14.8. The fourth-order valence-electron chi connectivity index (χ4n) is 4.41. The van der Waals surface area contributed by atoms with Gasteiger partial charge in [-0.3, -0.25) is 0 Å². The van der Waals surface area contributed by atoms with Crippen LogP contribution in [-0.2, 0) is 39.0 Å². The van der Waals surface area contributed by atoms with Crippen LogP contribution in [0.3, 0.4) is 0 Å². The van der Waals surface area contributed by atoms with E-state index >= 15 is 0 Å². The van der Waals surface area contributed by atoms with Crippen molar-refractivity contribution in [3.8, 4) is 22.6 Å². The summed E-state index contributed by atoms with van der Waals surface area (Å²) in [5.41, 5.74) is 8.20. The average molecular weight is 714 g/mol. The SMILES string of the molecule is Cc1cc(Br)c(O)c(CCNCCc2cc(C)cc(-c3ccccc3)c2O)c1.[CH2-]c1ccccc1.[CH2-]c1ccccc1.[Zr+3]. The van der Waals surface area contributed by atoms with Crippen molar-refractivity contribution in [2.24, 2.45) is 0 Å². The Labute approximate surface area is 285 Å². The molecule has 0 heterocycles. The topological polar surface area (TPSA) is 52.5 Å². The molecule has 1 radical (unpaired) electrons. The molecule has 219 valence electrons. The zero-order chi connectivity index (χ0) is 30.3. The minimum absolute atomic E-state index is 0. The maximum Gasteiger partial charge on any atom is 3.00 e. The first-order chi connectivity index (χ1) is 20.2. The van der Waals surface area contributed by atoms with Crippen molar-refractivity contribution in [3.05, 3.63) is 167 Å². The number of aromatic hydroxyl groups is 2. The average Bonchev–Trinajstić information content (AvgIpc) is 2.98. The van der Waals surface area contributed by atoms with Gasteiger partial charge in [0.2, 0.25) is 0 Å². The Morgan fingerprint density at radius 3 is 1.47 bits per heavy atom. The number of phenols is 2. The maximum atomic E-state index is 10.7. The fourth-order valence-corrected chi connectivity index (χ4v) is 5.02. The molecule has 0 saturated heterocycles. The molecular formula is C38H40BrNO2Zr+. The molecule has 0 aliphatic carbocycles. The van der Waals surface area contributed by atoms with Gasteiger partial charge in [-0.25, -0.2) is 0 Å². The van der Waals surface area contributed by atoms with Crippen molar-refractivity contribution in [1.82, 2.24) is 5.32 Å². The maximum absolute atomic E-state index is 10.7. The van der Waals surface area contributed by atoms with Gasteiger partial charge in [-0.1, -0.05) is 54.6 Å². The number of hydrogen-bond acceptors (Lipinski definition) is 3. The second-order valence-electron chi connectivity index (χ2n) is 10.2. The summed E-state index contributed by atoms with van der Waals surface area (Å²) in [4.78, 5) is 0. The summed E-state index contributed by atoms with van der Waals surface area (Å²) in [6.45, 7) is 13.0. The van der Waals surface area contributed by atoms with Gasteiger partial charge in [0.05, 0.1) is 4.47 Å². The van der Waals surface area contributed by atoms with Crippen LogP contribution in [0.15, 0.2) is 120 Å². The first kappa shape index (κ1) is 36.0. The molecule has 3 N–H and O–H groups in total. The monoisotopic (exact) mass is 711 g/mol. The van der Waals surface area contributed by atoms with E-state index in [1.165, 1.54) is 0 Å². The fraction of sp³-hybridized carbons (Fsp3) is 0.158. The number of halogens is 1. The van der Waals surface area contributed by atoms with Crippen LogP contribution >= 0.6 is 15.9 Å². The van der Waals surface area contributed by atoms with E-state index < -0.39 is 0 Å². The Morgan fingerprint density at radius 1 is 0.605 bits per heavy atom. The third-order valence-electron chi connectivity index (χ3n) is 6.53. The van der Waals surface area contributed by atoms with Crippen molar-refractivity contribution < 1.29 is 36.4 Å². The number of benzene rings is 5. The molecule has 0 atom stereocenters. The third kappa shape index (κ3) is 12.5. The summed E-state index contributed by atoms with van der Waals surface area (Å²) in [5, 5.41) is 24.3. The van der Waals surface area contributed by atoms with Crippen LogP contribution in [0, 0.1) is 27.7 Å². The van der Waals surface area contributed by atoms with Gasteiger partial charge in [-0.05, 0) is 95.7 Å². The number of rotatable bonds is 7. The van der Waals surface area contributed by atoms with Crippen LogP contribution in [0.2, 0.25) is 0 Å². The first-order valence-electron chi connectivity index (χ1n) is 14.0. The molecule has 0 saturated carbocycles. The van der Waals surface area contributed by atoms with E-state index in [1.54, 1.807) is 0 Å². The van der Waals surface area contributed by atoms with Crippen molar-refractivity contribution in [3.63, 3.8) is 0 Å². The van der Waals surface area contributed by atoms with Gasteiger partial charge < -0.3 is 15.5 Å².